The summed E-state index contributed by atoms with van der Waals surface area (Å²) in [5.41, 5.74) is 4.36. The summed E-state index contributed by atoms with van der Waals surface area (Å²) in [6, 6.07) is 23.5. The van der Waals surface area contributed by atoms with Crippen LogP contribution in [-0.4, -0.2) is 38.9 Å². The number of unbranched alkanes of at least 4 members (excludes halogenated alkanes) is 3. The number of thiazole rings is 1. The van der Waals surface area contributed by atoms with Crippen LogP contribution in [0.1, 0.15) is 74.0 Å². The third-order valence-corrected chi connectivity index (χ3v) is 9.58. The first-order chi connectivity index (χ1) is 21.0. The fourth-order valence-corrected chi connectivity index (χ4v) is 7.11. The Morgan fingerprint density at radius 1 is 0.930 bits per heavy atom. The number of hydrogen-bond donors (Lipinski definition) is 3. The number of nitrogens with zero attached hydrogens (tertiary/aromatic N) is 1. The van der Waals surface area contributed by atoms with Gasteiger partial charge >= 0.3 is 5.97 Å². The molecule has 0 radical (unpaired) electrons. The monoisotopic (exact) mass is 620 g/mol. The van der Waals surface area contributed by atoms with Crippen LogP contribution in [0.4, 0.5) is 5.69 Å². The molecule has 2 heterocycles. The zero-order valence-corrected chi connectivity index (χ0v) is 25.4. The molecule has 1 aromatic heterocycles. The van der Waals surface area contributed by atoms with Crippen molar-refractivity contribution in [3.8, 4) is 0 Å². The molecular weight excluding hydrogens is 585 g/mol. The molecule has 1 amide bonds. The molecule has 8 nitrogen and oxygen atoms in total. The molecule has 0 aliphatic carbocycles. The van der Waals surface area contributed by atoms with E-state index in [1.807, 2.05) is 66.7 Å². The summed E-state index contributed by atoms with van der Waals surface area (Å²) in [6.45, 7) is -0.0117. The van der Waals surface area contributed by atoms with Gasteiger partial charge in [-0.3, -0.25) is 9.59 Å². The first-order valence-corrected chi connectivity index (χ1v) is 16.4. The normalized spacial score (nSPS) is 18.5. The molecule has 1 saturated heterocycles. The Labute approximate surface area is 259 Å². The topological polar surface area (TPSA) is 118 Å². The van der Waals surface area contributed by atoms with Crippen molar-refractivity contribution in [1.29, 1.82) is 0 Å². The maximum Gasteiger partial charge on any atom is 0.303 e. The Hall–Kier alpha value is -3.28. The average Bonchev–Trinajstić information content (AvgIpc) is 3.45. The van der Waals surface area contributed by atoms with E-state index in [-0.39, 0.29) is 31.1 Å². The van der Waals surface area contributed by atoms with E-state index in [4.69, 9.17) is 19.6 Å². The second-order valence-corrected chi connectivity index (χ2v) is 12.9. The minimum Gasteiger partial charge on any atom is -0.481 e. The number of nitrogens with one attached hydrogen (secondary N) is 1. The summed E-state index contributed by atoms with van der Waals surface area (Å²) >= 11 is 3.37. The molecule has 1 aliphatic rings. The predicted molar refractivity (Wildman–Crippen MR) is 169 cm³/mol. The van der Waals surface area contributed by atoms with Gasteiger partial charge < -0.3 is 25.0 Å². The Bertz CT molecular complexity index is 1480. The van der Waals surface area contributed by atoms with Gasteiger partial charge in [-0.25, -0.2) is 4.98 Å². The molecule has 0 saturated carbocycles. The van der Waals surface area contributed by atoms with Crippen LogP contribution in [0.3, 0.4) is 0 Å². The zero-order chi connectivity index (χ0) is 30.0. The smallest absolute Gasteiger partial charge is 0.303 e. The molecule has 0 spiro atoms. The van der Waals surface area contributed by atoms with Crippen LogP contribution in [0.25, 0.3) is 10.2 Å². The van der Waals surface area contributed by atoms with Gasteiger partial charge in [-0.05, 0) is 48.2 Å². The number of anilines is 1. The van der Waals surface area contributed by atoms with Gasteiger partial charge in [0.05, 0.1) is 29.0 Å². The second-order valence-electron chi connectivity index (χ2n) is 10.6. The summed E-state index contributed by atoms with van der Waals surface area (Å²) in [5, 5.41) is 21.2. The Morgan fingerprint density at radius 3 is 2.49 bits per heavy atom. The number of aliphatic hydroxyl groups excluding tert-OH is 1. The number of carboxylic acids is 1. The van der Waals surface area contributed by atoms with Crippen molar-refractivity contribution in [2.24, 2.45) is 0 Å². The maximum atomic E-state index is 12.6. The number of carbonyl (C=O) groups is 2. The lowest BCUT2D eigenvalue weighted by Crippen LogP contribution is -2.31. The Kier molecular flexibility index (Phi) is 11.2. The van der Waals surface area contributed by atoms with E-state index < -0.39 is 12.3 Å². The van der Waals surface area contributed by atoms with Crippen molar-refractivity contribution in [3.63, 3.8) is 0 Å². The van der Waals surface area contributed by atoms with Gasteiger partial charge in [0.15, 0.2) is 10.6 Å². The van der Waals surface area contributed by atoms with Crippen LogP contribution >= 0.6 is 23.1 Å². The van der Waals surface area contributed by atoms with Crippen molar-refractivity contribution in [1.82, 2.24) is 4.98 Å². The van der Waals surface area contributed by atoms with Crippen molar-refractivity contribution in [2.45, 2.75) is 74.4 Å². The third kappa shape index (κ3) is 9.11. The van der Waals surface area contributed by atoms with E-state index in [0.717, 1.165) is 44.1 Å². The van der Waals surface area contributed by atoms with E-state index in [1.54, 1.807) is 23.1 Å². The number of para-hydroxylation sites is 1. The second kappa shape index (κ2) is 15.4. The minimum atomic E-state index is -0.784. The highest BCUT2D eigenvalue weighted by Crippen LogP contribution is 2.40. The number of amides is 1. The highest BCUT2D eigenvalue weighted by molar-refractivity contribution is 8.01. The molecule has 3 aromatic carbocycles. The molecule has 0 bridgehead atoms. The molecule has 3 atom stereocenters. The summed E-state index contributed by atoms with van der Waals surface area (Å²) < 4.78 is 15.1. The van der Waals surface area contributed by atoms with Crippen molar-refractivity contribution in [3.05, 3.63) is 89.5 Å². The number of ether oxygens (including phenoxy) is 2. The summed E-state index contributed by atoms with van der Waals surface area (Å²) in [6.07, 6.45) is 3.27. The number of aliphatic carboxylic acids is 1. The minimum absolute atomic E-state index is 0.0117. The van der Waals surface area contributed by atoms with Crippen molar-refractivity contribution >= 4 is 50.9 Å². The van der Waals surface area contributed by atoms with Crippen molar-refractivity contribution < 1.29 is 29.3 Å². The molecule has 5 rings (SSSR count). The first kappa shape index (κ1) is 31.2. The van der Waals surface area contributed by atoms with Crippen LogP contribution in [0.5, 0.6) is 0 Å². The highest BCUT2D eigenvalue weighted by atomic mass is 32.2. The Morgan fingerprint density at radius 2 is 1.72 bits per heavy atom. The maximum absolute atomic E-state index is 12.6. The van der Waals surface area contributed by atoms with E-state index in [2.05, 4.69) is 11.4 Å². The van der Waals surface area contributed by atoms with Gasteiger partial charge in [0, 0.05) is 36.3 Å². The van der Waals surface area contributed by atoms with E-state index >= 15 is 0 Å². The Balaban J connectivity index is 1.24. The number of thioether (sulfide) groups is 1. The summed E-state index contributed by atoms with van der Waals surface area (Å²) in [4.78, 5) is 28.0. The fraction of sp³-hybridized carbons (Fsp3) is 0.364. The number of hydrogen-bond acceptors (Lipinski definition) is 8. The third-order valence-electron chi connectivity index (χ3n) is 7.27. The summed E-state index contributed by atoms with van der Waals surface area (Å²) in [7, 11) is 0. The molecule has 3 unspecified atom stereocenters. The van der Waals surface area contributed by atoms with Crippen LogP contribution in [0.15, 0.2) is 77.1 Å². The number of carbonyl (C=O) groups excluding carboxylic acids is 1. The number of benzene rings is 3. The lowest BCUT2D eigenvalue weighted by atomic mass is 10.0. The summed E-state index contributed by atoms with van der Waals surface area (Å²) in [5.74, 6) is -0.145. The molecule has 1 fully saturated rings. The average molecular weight is 621 g/mol. The van der Waals surface area contributed by atoms with Crippen LogP contribution in [0, 0.1) is 0 Å². The van der Waals surface area contributed by atoms with Gasteiger partial charge in [0.25, 0.3) is 0 Å². The number of rotatable bonds is 14. The van der Waals surface area contributed by atoms with Gasteiger partial charge in [0.1, 0.15) is 0 Å². The van der Waals surface area contributed by atoms with E-state index in [9.17, 15) is 14.7 Å². The first-order valence-electron chi connectivity index (χ1n) is 14.6. The lowest BCUT2D eigenvalue weighted by Gasteiger charge is -2.36. The standard InChI is InChI=1S/C33H36N2O6S2/c36-20-22-14-16-23(17-15-22)28-19-26(21-42-33-35-27-10-5-6-11-29(27)43-33)40-32(41-28)24-8-7-9-25(18-24)34-30(37)12-3-1-2-4-13-31(38)39/h5-11,14-18,26,28,32,36H,1-4,12-13,19-21H2,(H,34,37)(H,38,39). The van der Waals surface area contributed by atoms with Gasteiger partial charge in [-0.15, -0.1) is 11.3 Å². The van der Waals surface area contributed by atoms with Gasteiger partial charge in [-0.1, -0.05) is 73.1 Å². The predicted octanol–water partition coefficient (Wildman–Crippen LogP) is 7.49. The molecule has 43 heavy (non-hydrogen) atoms. The van der Waals surface area contributed by atoms with Crippen LogP contribution < -0.4 is 5.32 Å². The van der Waals surface area contributed by atoms with E-state index in [0.29, 0.717) is 37.1 Å². The lowest BCUT2D eigenvalue weighted by molar-refractivity contribution is -0.245. The largest absolute Gasteiger partial charge is 0.481 e. The van der Waals surface area contributed by atoms with E-state index in [1.165, 1.54) is 0 Å². The molecule has 4 aromatic rings. The molecule has 10 heteroatoms. The SMILES string of the molecule is O=C(O)CCCCCCC(=O)Nc1cccc(C2OC(CSc3nc4ccccc4s3)CC(c3ccc(CO)cc3)O2)c1. The van der Waals surface area contributed by atoms with Crippen molar-refractivity contribution in [2.75, 3.05) is 11.1 Å². The molecule has 1 aliphatic heterocycles. The number of aliphatic hydroxyl groups is 1. The molecular formula is C33H36N2O6S2. The fourth-order valence-electron chi connectivity index (χ4n) is 5.00. The van der Waals surface area contributed by atoms with Crippen LogP contribution in [-0.2, 0) is 25.7 Å². The van der Waals surface area contributed by atoms with Crippen LogP contribution in [0.2, 0.25) is 0 Å². The van der Waals surface area contributed by atoms with Gasteiger partial charge in [-0.2, -0.15) is 0 Å². The quantitative estimate of drug-likeness (QED) is 0.0981. The molecule has 226 valence electrons. The van der Waals surface area contributed by atoms with Gasteiger partial charge in [0.2, 0.25) is 5.91 Å². The number of fused-ring (bicyclic) bond motifs is 1. The number of aromatic nitrogens is 1. The number of carboxylic acid groups (broad SMARTS) is 1. The highest BCUT2D eigenvalue weighted by Gasteiger charge is 2.32. The molecule has 3 N–H and O–H groups in total. The zero-order valence-electron chi connectivity index (χ0n) is 23.8.